The number of rotatable bonds is 14. The first-order valence-corrected chi connectivity index (χ1v) is 8.25. The van der Waals surface area contributed by atoms with Crippen molar-refractivity contribution in [1.82, 2.24) is 5.32 Å². The number of aliphatic hydroxyl groups is 2. The topological polar surface area (TPSA) is 52.5 Å². The molecule has 0 fully saturated rings. The molecule has 3 N–H and O–H groups in total. The number of hydrogen-bond donors (Lipinski definition) is 3. The van der Waals surface area contributed by atoms with Gasteiger partial charge in [0.15, 0.2) is 0 Å². The van der Waals surface area contributed by atoms with Crippen molar-refractivity contribution in [2.24, 2.45) is 0 Å². The molecule has 0 saturated carbocycles. The van der Waals surface area contributed by atoms with Crippen molar-refractivity contribution in [3.63, 3.8) is 0 Å². The van der Waals surface area contributed by atoms with E-state index in [1.807, 2.05) is 0 Å². The number of unbranched alkanes of at least 4 members (excludes halogenated alkanes) is 10. The standard InChI is InChI=1S/C16H35NO2/c1-3-4-5-6-7-8-9-10-11-12-13-14-15(18)16(19)17-2/h15-19H,3-14H2,1-2H3. The highest BCUT2D eigenvalue weighted by atomic mass is 16.3. The molecule has 2 unspecified atom stereocenters. The van der Waals surface area contributed by atoms with Crippen LogP contribution >= 0.6 is 0 Å². The van der Waals surface area contributed by atoms with Gasteiger partial charge in [-0.15, -0.1) is 0 Å². The van der Waals surface area contributed by atoms with Gasteiger partial charge in [-0.2, -0.15) is 0 Å². The van der Waals surface area contributed by atoms with Gasteiger partial charge >= 0.3 is 0 Å². The minimum atomic E-state index is -0.775. The second kappa shape index (κ2) is 14.3. The van der Waals surface area contributed by atoms with Crippen molar-refractivity contribution < 1.29 is 10.2 Å². The maximum absolute atomic E-state index is 9.55. The molecule has 0 amide bonds. The maximum atomic E-state index is 9.55. The molecule has 19 heavy (non-hydrogen) atoms. The van der Waals surface area contributed by atoms with Crippen LogP contribution in [0.15, 0.2) is 0 Å². The van der Waals surface area contributed by atoms with E-state index in [0.29, 0.717) is 6.42 Å². The molecule has 3 nitrogen and oxygen atoms in total. The minimum absolute atomic E-state index is 0.622. The molecule has 0 radical (unpaired) electrons. The Morgan fingerprint density at radius 1 is 0.737 bits per heavy atom. The zero-order valence-electron chi connectivity index (χ0n) is 13.0. The summed E-state index contributed by atoms with van der Waals surface area (Å²) in [5, 5.41) is 21.5. The summed E-state index contributed by atoms with van der Waals surface area (Å²) in [6.45, 7) is 2.26. The quantitative estimate of drug-likeness (QED) is 0.335. The van der Waals surface area contributed by atoms with Crippen molar-refractivity contribution >= 4 is 0 Å². The van der Waals surface area contributed by atoms with E-state index in [9.17, 15) is 10.2 Å². The Balaban J connectivity index is 3.10. The van der Waals surface area contributed by atoms with Crippen LogP contribution in [0.2, 0.25) is 0 Å². The van der Waals surface area contributed by atoms with Gasteiger partial charge in [-0.1, -0.05) is 77.6 Å². The summed E-state index contributed by atoms with van der Waals surface area (Å²) in [6.07, 6.45) is 13.7. The minimum Gasteiger partial charge on any atom is -0.389 e. The molecule has 3 heteroatoms. The Morgan fingerprint density at radius 3 is 1.58 bits per heavy atom. The van der Waals surface area contributed by atoms with Gasteiger partial charge in [0.1, 0.15) is 6.23 Å². The third kappa shape index (κ3) is 12.6. The fourth-order valence-electron chi connectivity index (χ4n) is 2.37. The van der Waals surface area contributed by atoms with Crippen LogP contribution in [0.5, 0.6) is 0 Å². The Bertz CT molecular complexity index is 176. The molecule has 0 aromatic rings. The molecule has 0 aliphatic heterocycles. The summed E-state index contributed by atoms with van der Waals surface area (Å²) in [7, 11) is 1.66. The highest BCUT2D eigenvalue weighted by Crippen LogP contribution is 2.12. The number of nitrogens with one attached hydrogen (secondary N) is 1. The van der Waals surface area contributed by atoms with Crippen LogP contribution in [0.4, 0.5) is 0 Å². The van der Waals surface area contributed by atoms with E-state index in [2.05, 4.69) is 12.2 Å². The first-order chi connectivity index (χ1) is 9.22. The summed E-state index contributed by atoms with van der Waals surface area (Å²) in [5.41, 5.74) is 0. The second-order valence-corrected chi connectivity index (χ2v) is 5.63. The zero-order valence-corrected chi connectivity index (χ0v) is 13.0. The van der Waals surface area contributed by atoms with Crippen molar-refractivity contribution in [2.45, 2.75) is 96.3 Å². The molecule has 0 heterocycles. The smallest absolute Gasteiger partial charge is 0.130 e. The van der Waals surface area contributed by atoms with Gasteiger partial charge in [-0.05, 0) is 13.5 Å². The molecule has 0 aliphatic carbocycles. The lowest BCUT2D eigenvalue weighted by Crippen LogP contribution is -2.37. The van der Waals surface area contributed by atoms with E-state index >= 15 is 0 Å². The second-order valence-electron chi connectivity index (χ2n) is 5.63. The van der Waals surface area contributed by atoms with Gasteiger partial charge in [0, 0.05) is 0 Å². The monoisotopic (exact) mass is 273 g/mol. The first-order valence-electron chi connectivity index (χ1n) is 8.25. The van der Waals surface area contributed by atoms with E-state index in [-0.39, 0.29) is 0 Å². The SMILES string of the molecule is CCCCCCCCCCCCCC(O)C(O)NC. The van der Waals surface area contributed by atoms with Crippen LogP contribution in [0.1, 0.15) is 84.0 Å². The fourth-order valence-corrected chi connectivity index (χ4v) is 2.37. The average Bonchev–Trinajstić information content (AvgIpc) is 2.43. The molecule has 2 atom stereocenters. The summed E-state index contributed by atoms with van der Waals surface area (Å²) < 4.78 is 0. The Kier molecular flexibility index (Phi) is 14.2. The van der Waals surface area contributed by atoms with E-state index in [0.717, 1.165) is 6.42 Å². The van der Waals surface area contributed by atoms with Crippen molar-refractivity contribution in [3.05, 3.63) is 0 Å². The molecule has 0 spiro atoms. The van der Waals surface area contributed by atoms with Crippen LogP contribution in [-0.4, -0.2) is 29.6 Å². The van der Waals surface area contributed by atoms with Gasteiger partial charge < -0.3 is 10.2 Å². The molecule has 0 aromatic heterocycles. The molecule has 0 aliphatic rings. The van der Waals surface area contributed by atoms with Gasteiger partial charge in [-0.3, -0.25) is 5.32 Å². The van der Waals surface area contributed by atoms with Crippen LogP contribution in [0, 0.1) is 0 Å². The third-order valence-electron chi connectivity index (χ3n) is 3.76. The maximum Gasteiger partial charge on any atom is 0.130 e. The molecular weight excluding hydrogens is 238 g/mol. The third-order valence-corrected chi connectivity index (χ3v) is 3.76. The van der Waals surface area contributed by atoms with E-state index in [1.54, 1.807) is 7.05 Å². The average molecular weight is 273 g/mol. The predicted octanol–water partition coefficient (Wildman–Crippen LogP) is 3.59. The van der Waals surface area contributed by atoms with Crippen molar-refractivity contribution in [2.75, 3.05) is 7.05 Å². The number of hydrogen-bond acceptors (Lipinski definition) is 3. The van der Waals surface area contributed by atoms with E-state index < -0.39 is 12.3 Å². The normalized spacial score (nSPS) is 14.5. The Morgan fingerprint density at radius 2 is 1.16 bits per heavy atom. The predicted molar refractivity (Wildman–Crippen MR) is 82.2 cm³/mol. The van der Waals surface area contributed by atoms with E-state index in [4.69, 9.17) is 0 Å². The van der Waals surface area contributed by atoms with Crippen LogP contribution in [-0.2, 0) is 0 Å². The summed E-state index contributed by atoms with van der Waals surface area (Å²) in [5.74, 6) is 0. The molecule has 0 aromatic carbocycles. The van der Waals surface area contributed by atoms with Crippen molar-refractivity contribution in [1.29, 1.82) is 0 Å². The number of aliphatic hydroxyl groups excluding tert-OH is 2. The summed E-state index contributed by atoms with van der Waals surface area (Å²) in [4.78, 5) is 0. The lowest BCUT2D eigenvalue weighted by Gasteiger charge is -2.16. The molecule has 116 valence electrons. The lowest BCUT2D eigenvalue weighted by atomic mass is 10.0. The highest BCUT2D eigenvalue weighted by Gasteiger charge is 2.12. The van der Waals surface area contributed by atoms with Gasteiger partial charge in [0.05, 0.1) is 6.10 Å². The Hall–Kier alpha value is -0.120. The first kappa shape index (κ1) is 18.9. The van der Waals surface area contributed by atoms with Gasteiger partial charge in [0.25, 0.3) is 0 Å². The number of likely N-dealkylation sites (N-methyl/N-ethyl adjacent to an activating group) is 1. The van der Waals surface area contributed by atoms with Gasteiger partial charge in [-0.25, -0.2) is 0 Å². The molecule has 0 rings (SSSR count). The Labute approximate surface area is 119 Å². The fraction of sp³-hybridized carbons (Fsp3) is 1.00. The van der Waals surface area contributed by atoms with Crippen molar-refractivity contribution in [3.8, 4) is 0 Å². The van der Waals surface area contributed by atoms with E-state index in [1.165, 1.54) is 64.2 Å². The largest absolute Gasteiger partial charge is 0.389 e. The lowest BCUT2D eigenvalue weighted by molar-refractivity contribution is -0.00252. The van der Waals surface area contributed by atoms with Crippen LogP contribution in [0.25, 0.3) is 0 Å². The summed E-state index contributed by atoms with van der Waals surface area (Å²) in [6, 6.07) is 0. The molecule has 0 bridgehead atoms. The zero-order chi connectivity index (χ0) is 14.3. The van der Waals surface area contributed by atoms with Gasteiger partial charge in [0.2, 0.25) is 0 Å². The molecule has 0 saturated heterocycles. The van der Waals surface area contributed by atoms with Crippen LogP contribution < -0.4 is 5.32 Å². The summed E-state index contributed by atoms with van der Waals surface area (Å²) >= 11 is 0. The highest BCUT2D eigenvalue weighted by molar-refractivity contribution is 4.62. The van der Waals surface area contributed by atoms with Crippen LogP contribution in [0.3, 0.4) is 0 Å². The molecular formula is C16H35NO2.